The number of amides is 1. The molecule has 0 radical (unpaired) electrons. The van der Waals surface area contributed by atoms with Crippen LogP contribution in [0.3, 0.4) is 0 Å². The zero-order chi connectivity index (χ0) is 14.1. The van der Waals surface area contributed by atoms with Crippen LogP contribution in [0.2, 0.25) is 5.28 Å². The highest BCUT2D eigenvalue weighted by Gasteiger charge is 2.11. The molecular formula is C10H7ClN8O. The van der Waals surface area contributed by atoms with Gasteiger partial charge in [-0.25, -0.2) is 9.36 Å². The fraction of sp³-hybridized carbons (Fsp3) is 0. The number of rotatable bonds is 3. The molecule has 3 aromatic rings. The molecule has 0 saturated carbocycles. The third-order valence-electron chi connectivity index (χ3n) is 2.37. The number of hydrogen-bond acceptors (Lipinski definition) is 6. The van der Waals surface area contributed by atoms with Crippen LogP contribution in [-0.4, -0.2) is 40.4 Å². The molecule has 3 rings (SSSR count). The minimum atomic E-state index is -0.594. The third-order valence-corrected chi connectivity index (χ3v) is 2.53. The van der Waals surface area contributed by atoms with E-state index in [2.05, 4.69) is 25.1 Å². The first-order valence-electron chi connectivity index (χ1n) is 5.40. The number of nitrogens with two attached hydrogens (primary N) is 1. The average molecular weight is 291 g/mol. The van der Waals surface area contributed by atoms with Crippen LogP contribution < -0.4 is 5.73 Å². The number of aromatic nitrogens is 7. The van der Waals surface area contributed by atoms with Crippen molar-refractivity contribution in [2.24, 2.45) is 5.73 Å². The molecule has 3 heterocycles. The third kappa shape index (κ3) is 2.21. The molecular weight excluding hydrogens is 284 g/mol. The summed E-state index contributed by atoms with van der Waals surface area (Å²) in [6.45, 7) is 0. The first-order valence-corrected chi connectivity index (χ1v) is 5.78. The molecule has 9 nitrogen and oxygen atoms in total. The summed E-state index contributed by atoms with van der Waals surface area (Å²) in [4.78, 5) is 23.1. The van der Waals surface area contributed by atoms with Gasteiger partial charge in [0.2, 0.25) is 5.28 Å². The number of nitrogens with zero attached hydrogens (tertiary/aromatic N) is 7. The van der Waals surface area contributed by atoms with E-state index < -0.39 is 5.91 Å². The molecule has 2 N–H and O–H groups in total. The van der Waals surface area contributed by atoms with Gasteiger partial charge in [0, 0.05) is 18.6 Å². The highest BCUT2D eigenvalue weighted by molar-refractivity contribution is 6.28. The Bertz CT molecular complexity index is 765. The molecule has 0 fully saturated rings. The van der Waals surface area contributed by atoms with Crippen molar-refractivity contribution in [2.75, 3.05) is 0 Å². The molecule has 20 heavy (non-hydrogen) atoms. The molecule has 0 unspecified atom stereocenters. The van der Waals surface area contributed by atoms with Gasteiger partial charge in [-0.2, -0.15) is 25.1 Å². The molecule has 3 aromatic heterocycles. The fourth-order valence-corrected chi connectivity index (χ4v) is 1.63. The zero-order valence-corrected chi connectivity index (χ0v) is 10.6. The number of halogens is 1. The molecule has 0 aliphatic rings. The van der Waals surface area contributed by atoms with Gasteiger partial charge in [0.1, 0.15) is 0 Å². The van der Waals surface area contributed by atoms with Crippen molar-refractivity contribution in [1.29, 1.82) is 0 Å². The van der Waals surface area contributed by atoms with Crippen molar-refractivity contribution >= 4 is 17.5 Å². The standard InChI is InChI=1S/C10H7ClN8O/c11-8-15-9(18-3-1-2-13-18)17-10(16-8)19-5-6(4-14-19)7(12)20/h1-5H,(H2,12,20). The Morgan fingerprint density at radius 3 is 2.50 bits per heavy atom. The van der Waals surface area contributed by atoms with Crippen LogP contribution in [0, 0.1) is 0 Å². The lowest BCUT2D eigenvalue weighted by molar-refractivity contribution is 0.100. The summed E-state index contributed by atoms with van der Waals surface area (Å²) in [5.74, 6) is -0.201. The lowest BCUT2D eigenvalue weighted by Gasteiger charge is -2.03. The largest absolute Gasteiger partial charge is 0.366 e. The van der Waals surface area contributed by atoms with Gasteiger partial charge in [0.15, 0.2) is 0 Å². The van der Waals surface area contributed by atoms with Gasteiger partial charge in [0.05, 0.1) is 11.8 Å². The van der Waals surface area contributed by atoms with Gasteiger partial charge in [-0.05, 0) is 17.7 Å². The molecule has 0 atom stereocenters. The van der Waals surface area contributed by atoms with E-state index in [0.29, 0.717) is 0 Å². The van der Waals surface area contributed by atoms with Gasteiger partial charge in [0.25, 0.3) is 17.8 Å². The normalized spacial score (nSPS) is 10.7. The van der Waals surface area contributed by atoms with Crippen molar-refractivity contribution in [2.45, 2.75) is 0 Å². The van der Waals surface area contributed by atoms with E-state index in [1.807, 2.05) is 0 Å². The quantitative estimate of drug-likeness (QED) is 0.725. The summed E-state index contributed by atoms with van der Waals surface area (Å²) < 4.78 is 2.70. The van der Waals surface area contributed by atoms with Crippen molar-refractivity contribution in [1.82, 2.24) is 34.5 Å². The predicted molar refractivity (Wildman–Crippen MR) is 67.6 cm³/mol. The van der Waals surface area contributed by atoms with E-state index in [-0.39, 0.29) is 22.7 Å². The van der Waals surface area contributed by atoms with Gasteiger partial charge in [-0.15, -0.1) is 0 Å². The monoisotopic (exact) mass is 290 g/mol. The lowest BCUT2D eigenvalue weighted by atomic mass is 10.4. The molecule has 100 valence electrons. The Hall–Kier alpha value is -2.81. The van der Waals surface area contributed by atoms with Crippen molar-refractivity contribution in [3.63, 3.8) is 0 Å². The summed E-state index contributed by atoms with van der Waals surface area (Å²) in [7, 11) is 0. The van der Waals surface area contributed by atoms with E-state index in [1.54, 1.807) is 18.5 Å². The van der Waals surface area contributed by atoms with E-state index in [9.17, 15) is 4.79 Å². The van der Waals surface area contributed by atoms with Crippen LogP contribution in [0.1, 0.15) is 10.4 Å². The Labute approximate surface area is 117 Å². The minimum Gasteiger partial charge on any atom is -0.366 e. The van der Waals surface area contributed by atoms with Crippen molar-refractivity contribution < 1.29 is 4.79 Å². The fourth-order valence-electron chi connectivity index (χ4n) is 1.48. The van der Waals surface area contributed by atoms with Crippen LogP contribution in [0.25, 0.3) is 11.9 Å². The molecule has 0 bridgehead atoms. The Kier molecular flexibility index (Phi) is 2.88. The number of carbonyl (C=O) groups excluding carboxylic acids is 1. The molecule has 0 saturated heterocycles. The molecule has 1 amide bonds. The summed E-state index contributed by atoms with van der Waals surface area (Å²) in [6.07, 6.45) is 5.96. The first-order chi connectivity index (χ1) is 9.63. The maximum atomic E-state index is 11.0. The predicted octanol–water partition coefficient (Wildman–Crippen LogP) is -0.00470. The topological polar surface area (TPSA) is 117 Å². The van der Waals surface area contributed by atoms with Crippen molar-refractivity contribution in [3.8, 4) is 11.9 Å². The van der Waals surface area contributed by atoms with Crippen LogP contribution >= 0.6 is 11.6 Å². The van der Waals surface area contributed by atoms with Gasteiger partial charge in [-0.1, -0.05) is 0 Å². The molecule has 0 aliphatic heterocycles. The van der Waals surface area contributed by atoms with Crippen molar-refractivity contribution in [3.05, 3.63) is 41.7 Å². The lowest BCUT2D eigenvalue weighted by Crippen LogP contribution is -2.11. The summed E-state index contributed by atoms with van der Waals surface area (Å²) in [5.41, 5.74) is 5.39. The highest BCUT2D eigenvalue weighted by atomic mass is 35.5. The minimum absolute atomic E-state index is 0.0170. The SMILES string of the molecule is NC(=O)c1cnn(-c2nc(Cl)nc(-n3cccn3)n2)c1. The maximum absolute atomic E-state index is 11.0. The Morgan fingerprint density at radius 2 is 1.90 bits per heavy atom. The molecule has 0 aliphatic carbocycles. The molecule has 0 spiro atoms. The number of hydrogen-bond donors (Lipinski definition) is 1. The van der Waals surface area contributed by atoms with E-state index in [1.165, 1.54) is 21.8 Å². The van der Waals surface area contributed by atoms with E-state index in [0.717, 1.165) is 0 Å². The summed E-state index contributed by atoms with van der Waals surface area (Å²) in [5, 5.41) is 7.93. The second kappa shape index (κ2) is 4.70. The van der Waals surface area contributed by atoms with Gasteiger partial charge in [-0.3, -0.25) is 4.79 Å². The smallest absolute Gasteiger partial charge is 0.256 e. The average Bonchev–Trinajstić information content (AvgIpc) is 3.10. The second-order valence-electron chi connectivity index (χ2n) is 3.69. The number of carbonyl (C=O) groups is 1. The zero-order valence-electron chi connectivity index (χ0n) is 9.88. The summed E-state index contributed by atoms with van der Waals surface area (Å²) in [6, 6.07) is 1.72. The van der Waals surface area contributed by atoms with E-state index in [4.69, 9.17) is 17.3 Å². The molecule has 10 heteroatoms. The first kappa shape index (κ1) is 12.2. The van der Waals surface area contributed by atoms with E-state index >= 15 is 0 Å². The highest BCUT2D eigenvalue weighted by Crippen LogP contribution is 2.09. The van der Waals surface area contributed by atoms with Crippen LogP contribution in [0.15, 0.2) is 30.9 Å². The maximum Gasteiger partial charge on any atom is 0.256 e. The molecule has 0 aromatic carbocycles. The Balaban J connectivity index is 2.07. The second-order valence-corrected chi connectivity index (χ2v) is 4.03. The number of primary amides is 1. The van der Waals surface area contributed by atoms with Crippen LogP contribution in [0.4, 0.5) is 0 Å². The summed E-state index contributed by atoms with van der Waals surface area (Å²) >= 11 is 5.85. The van der Waals surface area contributed by atoms with Gasteiger partial charge < -0.3 is 5.73 Å². The van der Waals surface area contributed by atoms with Crippen LogP contribution in [0.5, 0.6) is 0 Å². The van der Waals surface area contributed by atoms with Gasteiger partial charge >= 0.3 is 0 Å². The van der Waals surface area contributed by atoms with Crippen LogP contribution in [-0.2, 0) is 0 Å². The Morgan fingerprint density at radius 1 is 1.15 bits per heavy atom.